The van der Waals surface area contributed by atoms with Crippen LogP contribution in [0, 0.1) is 0 Å². The van der Waals surface area contributed by atoms with Crippen molar-refractivity contribution in [1.29, 1.82) is 0 Å². The van der Waals surface area contributed by atoms with E-state index in [9.17, 15) is 0 Å². The van der Waals surface area contributed by atoms with Gasteiger partial charge in [-0.25, -0.2) is 4.39 Å². The zero-order valence-corrected chi connectivity index (χ0v) is 13.4. The fourth-order valence-electron chi connectivity index (χ4n) is 2.76. The van der Waals surface area contributed by atoms with Crippen LogP contribution in [0.15, 0.2) is 4.47 Å². The van der Waals surface area contributed by atoms with Crippen LogP contribution in [0.25, 0.3) is 0 Å². The summed E-state index contributed by atoms with van der Waals surface area (Å²) in [5.74, 6) is 0. The van der Waals surface area contributed by atoms with Crippen molar-refractivity contribution in [3.8, 4) is 0 Å². The van der Waals surface area contributed by atoms with Crippen molar-refractivity contribution < 1.29 is 4.39 Å². The first kappa shape index (κ1) is 15.0. The molecule has 1 aromatic heterocycles. The van der Waals surface area contributed by atoms with Crippen molar-refractivity contribution in [1.82, 2.24) is 15.1 Å². The number of aromatic nitrogens is 2. The summed E-state index contributed by atoms with van der Waals surface area (Å²) in [4.78, 5) is 0. The third-order valence-electron chi connectivity index (χ3n) is 3.91. The SMILES string of the molecule is CCc1nn(CC)c(CC2(F)CCCNCC2)c1Br. The van der Waals surface area contributed by atoms with E-state index < -0.39 is 5.67 Å². The molecule has 1 aromatic rings. The maximum absolute atomic E-state index is 15.0. The lowest BCUT2D eigenvalue weighted by Gasteiger charge is -2.23. The number of nitrogens with zero attached hydrogens (tertiary/aromatic N) is 2. The van der Waals surface area contributed by atoms with Gasteiger partial charge >= 0.3 is 0 Å². The van der Waals surface area contributed by atoms with Crippen LogP contribution in [0.5, 0.6) is 0 Å². The summed E-state index contributed by atoms with van der Waals surface area (Å²) < 4.78 is 18.0. The Morgan fingerprint density at radius 3 is 2.84 bits per heavy atom. The molecule has 0 radical (unpaired) electrons. The highest BCUT2D eigenvalue weighted by molar-refractivity contribution is 9.10. The van der Waals surface area contributed by atoms with Crippen molar-refractivity contribution in [2.45, 2.75) is 58.2 Å². The molecule has 0 aliphatic carbocycles. The summed E-state index contributed by atoms with van der Waals surface area (Å²) in [5, 5.41) is 7.83. The first-order chi connectivity index (χ1) is 9.09. The second-order valence-electron chi connectivity index (χ2n) is 5.31. The fraction of sp³-hybridized carbons (Fsp3) is 0.786. The van der Waals surface area contributed by atoms with Gasteiger partial charge in [0.25, 0.3) is 0 Å². The molecular formula is C14H23BrFN3. The molecule has 19 heavy (non-hydrogen) atoms. The van der Waals surface area contributed by atoms with Gasteiger partial charge < -0.3 is 5.32 Å². The number of rotatable bonds is 4. The molecule has 1 aliphatic heterocycles. The van der Waals surface area contributed by atoms with E-state index in [1.54, 1.807) is 0 Å². The van der Waals surface area contributed by atoms with Gasteiger partial charge in [0.1, 0.15) is 5.67 Å². The van der Waals surface area contributed by atoms with Crippen LogP contribution >= 0.6 is 15.9 Å². The van der Waals surface area contributed by atoms with Crippen LogP contribution in [0.3, 0.4) is 0 Å². The Bertz CT molecular complexity index is 423. The average Bonchev–Trinajstić information content (AvgIpc) is 2.57. The van der Waals surface area contributed by atoms with Gasteiger partial charge in [0.2, 0.25) is 0 Å². The number of nitrogens with one attached hydrogen (secondary N) is 1. The topological polar surface area (TPSA) is 29.9 Å². The van der Waals surface area contributed by atoms with Gasteiger partial charge in [-0.3, -0.25) is 4.68 Å². The number of alkyl halides is 1. The molecular weight excluding hydrogens is 309 g/mol. The predicted octanol–water partition coefficient (Wildman–Crippen LogP) is 3.25. The van der Waals surface area contributed by atoms with E-state index in [-0.39, 0.29) is 0 Å². The van der Waals surface area contributed by atoms with E-state index in [0.29, 0.717) is 19.3 Å². The Morgan fingerprint density at radius 2 is 2.16 bits per heavy atom. The number of aryl methyl sites for hydroxylation is 2. The average molecular weight is 332 g/mol. The summed E-state index contributed by atoms with van der Waals surface area (Å²) in [6.45, 7) is 6.64. The minimum atomic E-state index is -1.09. The molecule has 0 saturated carbocycles. The molecule has 0 amide bonds. The zero-order valence-electron chi connectivity index (χ0n) is 11.8. The number of hydrogen-bond donors (Lipinski definition) is 1. The summed E-state index contributed by atoms with van der Waals surface area (Å²) >= 11 is 3.61. The molecule has 108 valence electrons. The predicted molar refractivity (Wildman–Crippen MR) is 79.2 cm³/mol. The van der Waals surface area contributed by atoms with Crippen molar-refractivity contribution >= 4 is 15.9 Å². The quantitative estimate of drug-likeness (QED) is 0.917. The number of halogens is 2. The first-order valence-electron chi connectivity index (χ1n) is 7.23. The number of hydrogen-bond acceptors (Lipinski definition) is 2. The Hall–Kier alpha value is -0.420. The van der Waals surface area contributed by atoms with Crippen molar-refractivity contribution in [3.05, 3.63) is 15.9 Å². The van der Waals surface area contributed by atoms with E-state index in [2.05, 4.69) is 40.2 Å². The van der Waals surface area contributed by atoms with Crippen LogP contribution in [0.1, 0.15) is 44.5 Å². The molecule has 0 aromatic carbocycles. The molecule has 0 spiro atoms. The fourth-order valence-corrected chi connectivity index (χ4v) is 3.46. The van der Waals surface area contributed by atoms with Crippen molar-refractivity contribution in [3.63, 3.8) is 0 Å². The highest BCUT2D eigenvalue weighted by atomic mass is 79.9. The molecule has 2 heterocycles. The Labute approximate surface area is 123 Å². The summed E-state index contributed by atoms with van der Waals surface area (Å²) in [6.07, 6.45) is 3.49. The third kappa shape index (κ3) is 3.37. The Kier molecular flexibility index (Phi) is 5.01. The van der Waals surface area contributed by atoms with Gasteiger partial charge in [0.05, 0.1) is 15.9 Å². The largest absolute Gasteiger partial charge is 0.317 e. The molecule has 3 nitrogen and oxygen atoms in total. The van der Waals surface area contributed by atoms with Crippen LogP contribution in [-0.2, 0) is 19.4 Å². The molecule has 1 saturated heterocycles. The van der Waals surface area contributed by atoms with Crippen LogP contribution in [0.2, 0.25) is 0 Å². The zero-order chi connectivity index (χ0) is 13.9. The van der Waals surface area contributed by atoms with Gasteiger partial charge in [-0.15, -0.1) is 0 Å². The van der Waals surface area contributed by atoms with Crippen molar-refractivity contribution in [2.24, 2.45) is 0 Å². The monoisotopic (exact) mass is 331 g/mol. The molecule has 0 bridgehead atoms. The maximum Gasteiger partial charge on any atom is 0.117 e. The van der Waals surface area contributed by atoms with Gasteiger partial charge in [0, 0.05) is 13.0 Å². The van der Waals surface area contributed by atoms with Gasteiger partial charge in [-0.1, -0.05) is 6.92 Å². The summed E-state index contributed by atoms with van der Waals surface area (Å²) in [7, 11) is 0. The summed E-state index contributed by atoms with van der Waals surface area (Å²) in [5.41, 5.74) is 0.959. The highest BCUT2D eigenvalue weighted by Gasteiger charge is 2.33. The summed E-state index contributed by atoms with van der Waals surface area (Å²) in [6, 6.07) is 0. The second-order valence-corrected chi connectivity index (χ2v) is 6.10. The van der Waals surface area contributed by atoms with E-state index in [0.717, 1.165) is 48.3 Å². The standard InChI is InChI=1S/C14H23BrFN3/c1-3-11-13(15)12(19(4-2)18-11)10-14(16)6-5-8-17-9-7-14/h17H,3-10H2,1-2H3. The van der Waals surface area contributed by atoms with Gasteiger partial charge in [-0.2, -0.15) is 5.10 Å². The van der Waals surface area contributed by atoms with E-state index in [4.69, 9.17) is 0 Å². The van der Waals surface area contributed by atoms with E-state index in [1.807, 2.05) is 4.68 Å². The van der Waals surface area contributed by atoms with Crippen LogP contribution < -0.4 is 5.32 Å². The molecule has 1 atom stereocenters. The Balaban J connectivity index is 2.23. The highest BCUT2D eigenvalue weighted by Crippen LogP contribution is 2.33. The second kappa shape index (κ2) is 6.35. The van der Waals surface area contributed by atoms with Crippen LogP contribution in [0.4, 0.5) is 4.39 Å². The first-order valence-corrected chi connectivity index (χ1v) is 8.02. The lowest BCUT2D eigenvalue weighted by Crippen LogP contribution is -2.29. The molecule has 1 unspecified atom stereocenters. The normalized spacial score (nSPS) is 24.4. The van der Waals surface area contributed by atoms with Crippen molar-refractivity contribution in [2.75, 3.05) is 13.1 Å². The lowest BCUT2D eigenvalue weighted by molar-refractivity contribution is 0.141. The third-order valence-corrected chi connectivity index (χ3v) is 4.82. The molecule has 1 aliphatic rings. The molecule has 5 heteroatoms. The minimum Gasteiger partial charge on any atom is -0.317 e. The minimum absolute atomic E-state index is 0.468. The molecule has 1 fully saturated rings. The molecule has 2 rings (SSSR count). The van der Waals surface area contributed by atoms with Gasteiger partial charge in [0.15, 0.2) is 0 Å². The van der Waals surface area contributed by atoms with Gasteiger partial charge in [-0.05, 0) is 61.6 Å². The maximum atomic E-state index is 15.0. The van der Waals surface area contributed by atoms with E-state index >= 15 is 4.39 Å². The lowest BCUT2D eigenvalue weighted by atomic mass is 9.91. The smallest absolute Gasteiger partial charge is 0.117 e. The van der Waals surface area contributed by atoms with Crippen LogP contribution in [-0.4, -0.2) is 28.5 Å². The molecule has 1 N–H and O–H groups in total. The Morgan fingerprint density at radius 1 is 1.37 bits per heavy atom. The van der Waals surface area contributed by atoms with E-state index in [1.165, 1.54) is 0 Å².